The molecule has 2 amide bonds. The summed E-state index contributed by atoms with van der Waals surface area (Å²) >= 11 is 0. The normalized spacial score (nSPS) is 11.6. The third-order valence-corrected chi connectivity index (χ3v) is 3.04. The summed E-state index contributed by atoms with van der Waals surface area (Å²) in [5.74, 6) is -0.939. The number of amides is 2. The van der Waals surface area contributed by atoms with E-state index in [-0.39, 0.29) is 37.5 Å². The van der Waals surface area contributed by atoms with Crippen molar-refractivity contribution in [2.45, 2.75) is 25.9 Å². The van der Waals surface area contributed by atoms with Crippen molar-refractivity contribution >= 4 is 12.0 Å². The largest absolute Gasteiger partial charge is 0.489 e. The van der Waals surface area contributed by atoms with Gasteiger partial charge in [0.05, 0.1) is 13.0 Å². The van der Waals surface area contributed by atoms with Crippen LogP contribution in [-0.2, 0) is 4.79 Å². The number of halogens is 1. The minimum atomic E-state index is -0.958. The number of rotatable bonds is 8. The van der Waals surface area contributed by atoms with Crippen LogP contribution < -0.4 is 10.1 Å². The Balaban J connectivity index is 2.43. The topological polar surface area (TPSA) is 78.9 Å². The van der Waals surface area contributed by atoms with Crippen LogP contribution in [0.15, 0.2) is 24.3 Å². The van der Waals surface area contributed by atoms with Crippen molar-refractivity contribution in [1.29, 1.82) is 0 Å². The van der Waals surface area contributed by atoms with E-state index >= 15 is 0 Å². The van der Waals surface area contributed by atoms with E-state index in [0.29, 0.717) is 12.2 Å². The second kappa shape index (κ2) is 8.86. The molecule has 0 aromatic heterocycles. The highest BCUT2D eigenvalue weighted by molar-refractivity contribution is 5.75. The number of carboxylic acid groups (broad SMARTS) is 1. The molecule has 0 fully saturated rings. The van der Waals surface area contributed by atoms with Gasteiger partial charge in [0.2, 0.25) is 0 Å². The van der Waals surface area contributed by atoms with Crippen LogP contribution in [0.25, 0.3) is 0 Å². The zero-order chi connectivity index (χ0) is 16.5. The summed E-state index contributed by atoms with van der Waals surface area (Å²) in [6, 6.07) is 5.43. The number of hydrogen-bond donors (Lipinski definition) is 2. The zero-order valence-corrected chi connectivity index (χ0v) is 12.7. The second-order valence-corrected chi connectivity index (χ2v) is 4.86. The molecule has 0 radical (unpaired) electrons. The molecule has 0 aliphatic carbocycles. The third kappa shape index (κ3) is 6.43. The van der Waals surface area contributed by atoms with Gasteiger partial charge in [-0.3, -0.25) is 4.79 Å². The molecule has 0 bridgehead atoms. The lowest BCUT2D eigenvalue weighted by atomic mass is 10.2. The Morgan fingerprint density at radius 1 is 1.45 bits per heavy atom. The van der Waals surface area contributed by atoms with Gasteiger partial charge >= 0.3 is 12.0 Å². The molecule has 0 saturated carbocycles. The predicted molar refractivity (Wildman–Crippen MR) is 79.4 cm³/mol. The Kier molecular flexibility index (Phi) is 7.15. The highest BCUT2D eigenvalue weighted by Gasteiger charge is 2.14. The summed E-state index contributed by atoms with van der Waals surface area (Å²) in [6.07, 6.45) is 0.231. The van der Waals surface area contributed by atoms with Gasteiger partial charge in [-0.15, -0.1) is 0 Å². The number of carbonyl (C=O) groups excluding carboxylic acids is 1. The summed E-state index contributed by atoms with van der Waals surface area (Å²) in [6.45, 7) is 2.27. The van der Waals surface area contributed by atoms with E-state index in [2.05, 4.69) is 5.32 Å². The molecule has 0 spiro atoms. The minimum absolute atomic E-state index is 0.110. The summed E-state index contributed by atoms with van der Waals surface area (Å²) in [7, 11) is 1.52. The molecule has 0 aliphatic rings. The van der Waals surface area contributed by atoms with Gasteiger partial charge in [0.1, 0.15) is 17.7 Å². The fourth-order valence-corrected chi connectivity index (χ4v) is 1.70. The van der Waals surface area contributed by atoms with Crippen molar-refractivity contribution in [3.05, 3.63) is 30.1 Å². The van der Waals surface area contributed by atoms with Crippen LogP contribution in [0.5, 0.6) is 5.75 Å². The lowest BCUT2D eigenvalue weighted by molar-refractivity contribution is -0.137. The van der Waals surface area contributed by atoms with E-state index in [1.165, 1.54) is 24.1 Å². The van der Waals surface area contributed by atoms with Crippen molar-refractivity contribution in [2.24, 2.45) is 0 Å². The van der Waals surface area contributed by atoms with Gasteiger partial charge in [0.15, 0.2) is 0 Å². The van der Waals surface area contributed by atoms with E-state index in [0.717, 1.165) is 0 Å². The van der Waals surface area contributed by atoms with Crippen LogP contribution in [0.4, 0.5) is 9.18 Å². The van der Waals surface area contributed by atoms with Gasteiger partial charge < -0.3 is 20.1 Å². The maximum Gasteiger partial charge on any atom is 0.317 e. The highest BCUT2D eigenvalue weighted by Crippen LogP contribution is 2.14. The van der Waals surface area contributed by atoms with Crippen LogP contribution >= 0.6 is 0 Å². The van der Waals surface area contributed by atoms with Crippen LogP contribution in [0.1, 0.15) is 19.8 Å². The molecular formula is C15H21FN2O4. The van der Waals surface area contributed by atoms with Crippen LogP contribution in [-0.4, -0.2) is 48.2 Å². The number of carboxylic acids is 1. The zero-order valence-electron chi connectivity index (χ0n) is 12.7. The van der Waals surface area contributed by atoms with Crippen LogP contribution in [0.3, 0.4) is 0 Å². The summed E-state index contributed by atoms with van der Waals surface area (Å²) < 4.78 is 18.7. The first kappa shape index (κ1) is 17.7. The predicted octanol–water partition coefficient (Wildman–Crippen LogP) is 2.10. The number of nitrogens with zero attached hydrogens (tertiary/aromatic N) is 1. The Bertz CT molecular complexity index is 510. The number of urea groups is 1. The fourth-order valence-electron chi connectivity index (χ4n) is 1.70. The van der Waals surface area contributed by atoms with Gasteiger partial charge in [0, 0.05) is 19.7 Å². The van der Waals surface area contributed by atoms with Crippen molar-refractivity contribution in [3.63, 3.8) is 0 Å². The molecule has 0 aliphatic heterocycles. The number of nitrogens with one attached hydrogen (secondary N) is 1. The Labute approximate surface area is 128 Å². The first-order valence-corrected chi connectivity index (χ1v) is 7.05. The quantitative estimate of drug-likeness (QED) is 0.770. The summed E-state index contributed by atoms with van der Waals surface area (Å²) in [4.78, 5) is 23.5. The smallest absolute Gasteiger partial charge is 0.317 e. The second-order valence-electron chi connectivity index (χ2n) is 4.86. The molecule has 0 saturated heterocycles. The lowest BCUT2D eigenvalue weighted by Gasteiger charge is -2.21. The minimum Gasteiger partial charge on any atom is -0.489 e. The molecule has 2 N–H and O–H groups in total. The standard InChI is InChI=1S/C15H21FN2O4/c1-3-12(22-13-6-4-5-11(16)9-13)10-17-15(21)18(2)8-7-14(19)20/h4-6,9,12H,3,7-8,10H2,1-2H3,(H,17,21)(H,19,20). The molecule has 22 heavy (non-hydrogen) atoms. The van der Waals surface area contributed by atoms with Gasteiger partial charge in [0.25, 0.3) is 0 Å². The van der Waals surface area contributed by atoms with E-state index < -0.39 is 5.97 Å². The Morgan fingerprint density at radius 3 is 2.77 bits per heavy atom. The number of carbonyl (C=O) groups is 2. The number of aliphatic carboxylic acids is 1. The first-order valence-electron chi connectivity index (χ1n) is 7.05. The highest BCUT2D eigenvalue weighted by atomic mass is 19.1. The Morgan fingerprint density at radius 2 is 2.18 bits per heavy atom. The van der Waals surface area contributed by atoms with Gasteiger partial charge in [-0.2, -0.15) is 0 Å². The third-order valence-electron chi connectivity index (χ3n) is 3.04. The van der Waals surface area contributed by atoms with Gasteiger partial charge in [-0.1, -0.05) is 13.0 Å². The molecular weight excluding hydrogens is 291 g/mol. The van der Waals surface area contributed by atoms with Gasteiger partial charge in [-0.05, 0) is 18.6 Å². The maximum atomic E-state index is 13.1. The first-order chi connectivity index (χ1) is 10.4. The van der Waals surface area contributed by atoms with Crippen molar-refractivity contribution in [2.75, 3.05) is 20.1 Å². The Hall–Kier alpha value is -2.31. The lowest BCUT2D eigenvalue weighted by Crippen LogP contribution is -2.42. The molecule has 1 rings (SSSR count). The molecule has 1 aromatic carbocycles. The molecule has 1 atom stereocenters. The average molecular weight is 312 g/mol. The SMILES string of the molecule is CCC(CNC(=O)N(C)CCC(=O)O)Oc1cccc(F)c1. The van der Waals surface area contributed by atoms with Crippen LogP contribution in [0.2, 0.25) is 0 Å². The van der Waals surface area contributed by atoms with Crippen molar-refractivity contribution < 1.29 is 23.8 Å². The molecule has 6 nitrogen and oxygen atoms in total. The molecule has 0 heterocycles. The fraction of sp³-hybridized carbons (Fsp3) is 0.467. The number of benzene rings is 1. The molecule has 1 unspecified atom stereocenters. The molecule has 7 heteroatoms. The van der Waals surface area contributed by atoms with E-state index in [1.54, 1.807) is 12.1 Å². The van der Waals surface area contributed by atoms with Crippen molar-refractivity contribution in [3.8, 4) is 5.75 Å². The summed E-state index contributed by atoms with van der Waals surface area (Å²) in [5, 5.41) is 11.2. The molecule has 122 valence electrons. The average Bonchev–Trinajstić information content (AvgIpc) is 2.48. The van der Waals surface area contributed by atoms with Crippen LogP contribution in [0, 0.1) is 5.82 Å². The van der Waals surface area contributed by atoms with E-state index in [1.807, 2.05) is 6.92 Å². The number of hydrogen-bond acceptors (Lipinski definition) is 3. The monoisotopic (exact) mass is 312 g/mol. The van der Waals surface area contributed by atoms with Crippen molar-refractivity contribution in [1.82, 2.24) is 10.2 Å². The molecule has 1 aromatic rings. The van der Waals surface area contributed by atoms with E-state index in [4.69, 9.17) is 9.84 Å². The number of ether oxygens (including phenoxy) is 1. The van der Waals surface area contributed by atoms with Gasteiger partial charge in [-0.25, -0.2) is 9.18 Å². The maximum absolute atomic E-state index is 13.1. The van der Waals surface area contributed by atoms with E-state index in [9.17, 15) is 14.0 Å². The summed E-state index contributed by atoms with van der Waals surface area (Å²) in [5.41, 5.74) is 0.